The van der Waals surface area contributed by atoms with Crippen molar-refractivity contribution in [3.8, 4) is 10.7 Å². The van der Waals surface area contributed by atoms with Gasteiger partial charge in [0.05, 0.1) is 18.2 Å². The largest absolute Gasteiger partial charge is 0.466 e. The van der Waals surface area contributed by atoms with Gasteiger partial charge in [0.25, 0.3) is 5.91 Å². The Morgan fingerprint density at radius 3 is 2.81 bits per heavy atom. The van der Waals surface area contributed by atoms with Crippen molar-refractivity contribution in [1.82, 2.24) is 14.9 Å². The number of amides is 1. The zero-order valence-corrected chi connectivity index (χ0v) is 15.9. The summed E-state index contributed by atoms with van der Waals surface area (Å²) in [5, 5.41) is 3.73. The molecule has 6 nitrogen and oxygen atoms in total. The summed E-state index contributed by atoms with van der Waals surface area (Å²) in [6.45, 7) is 3.32. The van der Waals surface area contributed by atoms with Crippen LogP contribution < -0.4 is 0 Å². The van der Waals surface area contributed by atoms with Crippen LogP contribution in [-0.4, -0.2) is 46.4 Å². The van der Waals surface area contributed by atoms with Crippen LogP contribution in [0, 0.1) is 5.92 Å². The second-order valence-electron chi connectivity index (χ2n) is 6.63. The molecule has 2 aromatic heterocycles. The molecule has 1 saturated heterocycles. The van der Waals surface area contributed by atoms with Crippen molar-refractivity contribution in [3.05, 3.63) is 41.4 Å². The summed E-state index contributed by atoms with van der Waals surface area (Å²) in [5.74, 6) is -0.332. The van der Waals surface area contributed by atoms with Gasteiger partial charge in [-0.15, -0.1) is 11.3 Å². The molecule has 1 aliphatic rings. The van der Waals surface area contributed by atoms with E-state index in [1.54, 1.807) is 10.3 Å². The Morgan fingerprint density at radius 2 is 2.07 bits per heavy atom. The monoisotopic (exact) mass is 383 g/mol. The number of nitrogens with zero attached hydrogens (tertiary/aromatic N) is 2. The van der Waals surface area contributed by atoms with Crippen molar-refractivity contribution in [2.45, 2.75) is 19.8 Å². The fourth-order valence-electron chi connectivity index (χ4n) is 3.42. The lowest BCUT2D eigenvalue weighted by molar-refractivity contribution is -0.149. The zero-order valence-electron chi connectivity index (χ0n) is 15.1. The smallest absolute Gasteiger partial charge is 0.309 e. The Bertz CT molecular complexity index is 937. The Kier molecular flexibility index (Phi) is 4.94. The van der Waals surface area contributed by atoms with Crippen LogP contribution in [0.3, 0.4) is 0 Å². The molecule has 0 radical (unpaired) electrons. The molecule has 1 aromatic carbocycles. The number of piperidine rings is 1. The second kappa shape index (κ2) is 7.52. The van der Waals surface area contributed by atoms with Crippen LogP contribution in [0.2, 0.25) is 0 Å². The van der Waals surface area contributed by atoms with Crippen molar-refractivity contribution >= 4 is 34.1 Å². The highest BCUT2D eigenvalue weighted by Crippen LogP contribution is 2.28. The third-order valence-corrected chi connectivity index (χ3v) is 5.76. The summed E-state index contributed by atoms with van der Waals surface area (Å²) in [4.78, 5) is 34.3. The van der Waals surface area contributed by atoms with Gasteiger partial charge in [0, 0.05) is 29.4 Å². The topological polar surface area (TPSA) is 75.3 Å². The number of carbonyl (C=O) groups excluding carboxylic acids is 2. The van der Waals surface area contributed by atoms with Gasteiger partial charge < -0.3 is 14.6 Å². The molecule has 3 heterocycles. The molecule has 3 aromatic rings. The summed E-state index contributed by atoms with van der Waals surface area (Å²) in [7, 11) is 0. The number of fused-ring (bicyclic) bond motifs is 1. The average Bonchev–Trinajstić information content (AvgIpc) is 3.34. The van der Waals surface area contributed by atoms with Crippen molar-refractivity contribution in [2.24, 2.45) is 5.92 Å². The fraction of sp³-hybridized carbons (Fsp3) is 0.350. The molecule has 1 N–H and O–H groups in total. The van der Waals surface area contributed by atoms with E-state index in [0.29, 0.717) is 38.2 Å². The van der Waals surface area contributed by atoms with Crippen LogP contribution in [0.25, 0.3) is 21.6 Å². The van der Waals surface area contributed by atoms with Gasteiger partial charge in [-0.25, -0.2) is 4.98 Å². The Hall–Kier alpha value is -2.67. The first kappa shape index (κ1) is 17.7. The lowest BCUT2D eigenvalue weighted by Crippen LogP contribution is -2.40. The minimum absolute atomic E-state index is 0.0732. The summed E-state index contributed by atoms with van der Waals surface area (Å²) < 4.78 is 5.08. The van der Waals surface area contributed by atoms with Crippen LogP contribution >= 0.6 is 11.3 Å². The highest BCUT2D eigenvalue weighted by molar-refractivity contribution is 7.13. The number of para-hydroxylation sites is 1. The first-order valence-electron chi connectivity index (χ1n) is 9.15. The quantitative estimate of drug-likeness (QED) is 0.697. The predicted octanol–water partition coefficient (Wildman–Crippen LogP) is 3.71. The number of thiazole rings is 1. The molecule has 0 unspecified atom stereocenters. The van der Waals surface area contributed by atoms with Crippen molar-refractivity contribution < 1.29 is 14.3 Å². The molecule has 1 amide bonds. The van der Waals surface area contributed by atoms with Crippen LogP contribution in [0.4, 0.5) is 0 Å². The van der Waals surface area contributed by atoms with Gasteiger partial charge in [0.1, 0.15) is 10.7 Å². The molecule has 0 saturated carbocycles. The van der Waals surface area contributed by atoms with Gasteiger partial charge in [0.15, 0.2) is 0 Å². The maximum Gasteiger partial charge on any atom is 0.309 e. The lowest BCUT2D eigenvalue weighted by Gasteiger charge is -2.30. The maximum atomic E-state index is 12.8. The fourth-order valence-corrected chi connectivity index (χ4v) is 4.19. The van der Waals surface area contributed by atoms with E-state index in [4.69, 9.17) is 4.74 Å². The van der Waals surface area contributed by atoms with Crippen molar-refractivity contribution in [1.29, 1.82) is 0 Å². The Morgan fingerprint density at radius 1 is 1.30 bits per heavy atom. The summed E-state index contributed by atoms with van der Waals surface area (Å²) in [6.07, 6.45) is 1.28. The highest BCUT2D eigenvalue weighted by Gasteiger charge is 2.29. The maximum absolute atomic E-state index is 12.8. The highest BCUT2D eigenvalue weighted by atomic mass is 32.1. The van der Waals surface area contributed by atoms with Gasteiger partial charge in [0.2, 0.25) is 0 Å². The number of likely N-dealkylation sites (tertiary alicyclic amines) is 1. The minimum Gasteiger partial charge on any atom is -0.466 e. The van der Waals surface area contributed by atoms with Crippen LogP contribution in [0.1, 0.15) is 30.3 Å². The van der Waals surface area contributed by atoms with Gasteiger partial charge in [-0.2, -0.15) is 0 Å². The number of hydrogen-bond donors (Lipinski definition) is 1. The summed E-state index contributed by atoms with van der Waals surface area (Å²) >= 11 is 1.46. The molecule has 0 spiro atoms. The van der Waals surface area contributed by atoms with Crippen molar-refractivity contribution in [3.63, 3.8) is 0 Å². The van der Waals surface area contributed by atoms with Gasteiger partial charge in [-0.1, -0.05) is 18.2 Å². The van der Waals surface area contributed by atoms with E-state index in [9.17, 15) is 9.59 Å². The molecule has 7 heteroatoms. The number of esters is 1. The Balaban J connectivity index is 1.44. The van der Waals surface area contributed by atoms with Crippen LogP contribution in [0.15, 0.2) is 35.7 Å². The van der Waals surface area contributed by atoms with E-state index in [1.165, 1.54) is 11.3 Å². The van der Waals surface area contributed by atoms with Gasteiger partial charge in [-0.3, -0.25) is 9.59 Å². The van der Waals surface area contributed by atoms with E-state index in [2.05, 4.69) is 9.97 Å². The molecule has 1 fully saturated rings. The molecule has 0 atom stereocenters. The summed E-state index contributed by atoms with van der Waals surface area (Å²) in [6, 6.07) is 10.1. The standard InChI is InChI=1S/C20H21N3O3S/c1-2-26-20(25)13-7-9-23(10-8-13)19(24)17-12-27-18(22-17)16-11-14-5-3-4-6-15(14)21-16/h3-6,11-13,21H,2,7-10H2,1H3. The SMILES string of the molecule is CCOC(=O)C1CCN(C(=O)c2csc(-c3cc4ccccc4[nH]3)n2)CC1. The number of H-pyrrole nitrogens is 1. The number of rotatable bonds is 4. The summed E-state index contributed by atoms with van der Waals surface area (Å²) in [5.41, 5.74) is 2.43. The molecule has 0 bridgehead atoms. The second-order valence-corrected chi connectivity index (χ2v) is 7.48. The van der Waals surface area contributed by atoms with Crippen LogP contribution in [0.5, 0.6) is 0 Å². The molecule has 140 valence electrons. The average molecular weight is 383 g/mol. The number of aromatic amines is 1. The molecule has 4 rings (SSSR count). The zero-order chi connectivity index (χ0) is 18.8. The number of benzene rings is 1. The normalized spacial score (nSPS) is 15.2. The Labute approximate surface area is 161 Å². The number of aromatic nitrogens is 2. The van der Waals surface area contributed by atoms with E-state index >= 15 is 0 Å². The number of carbonyl (C=O) groups is 2. The molecule has 1 aliphatic heterocycles. The van der Waals surface area contributed by atoms with E-state index < -0.39 is 0 Å². The predicted molar refractivity (Wildman–Crippen MR) is 105 cm³/mol. The third-order valence-electron chi connectivity index (χ3n) is 4.89. The third kappa shape index (κ3) is 3.60. The number of hydrogen-bond acceptors (Lipinski definition) is 5. The first-order chi connectivity index (χ1) is 13.2. The van der Waals surface area contributed by atoms with Gasteiger partial charge >= 0.3 is 5.97 Å². The molecular formula is C20H21N3O3S. The molecule has 0 aliphatic carbocycles. The number of nitrogens with one attached hydrogen (secondary N) is 1. The van der Waals surface area contributed by atoms with E-state index in [1.807, 2.05) is 37.3 Å². The van der Waals surface area contributed by atoms with E-state index in [-0.39, 0.29) is 17.8 Å². The lowest BCUT2D eigenvalue weighted by atomic mass is 9.97. The van der Waals surface area contributed by atoms with Gasteiger partial charge in [-0.05, 0) is 31.9 Å². The number of ether oxygens (including phenoxy) is 1. The first-order valence-corrected chi connectivity index (χ1v) is 10.0. The molecular weight excluding hydrogens is 362 g/mol. The van der Waals surface area contributed by atoms with Crippen LogP contribution in [-0.2, 0) is 9.53 Å². The molecule has 27 heavy (non-hydrogen) atoms. The minimum atomic E-state index is -0.153. The van der Waals surface area contributed by atoms with Crippen molar-refractivity contribution in [2.75, 3.05) is 19.7 Å². The van der Waals surface area contributed by atoms with E-state index in [0.717, 1.165) is 21.6 Å².